The molecule has 0 aromatic carbocycles. The molecule has 0 spiro atoms. The van der Waals surface area contributed by atoms with E-state index in [1.807, 2.05) is 13.0 Å². The number of halogens is 1. The molecule has 0 aliphatic carbocycles. The molecule has 17 heavy (non-hydrogen) atoms. The predicted octanol–water partition coefficient (Wildman–Crippen LogP) is 2.44. The normalized spacial score (nSPS) is 23.8. The fourth-order valence-electron chi connectivity index (χ4n) is 2.31. The molecule has 1 aromatic heterocycles. The number of hydrogen-bond acceptors (Lipinski definition) is 4. The zero-order valence-electron chi connectivity index (χ0n) is 10.7. The summed E-state index contributed by atoms with van der Waals surface area (Å²) in [6.07, 6.45) is 0.188. The third-order valence-electron chi connectivity index (χ3n) is 2.69. The van der Waals surface area contributed by atoms with Crippen LogP contribution in [0.3, 0.4) is 0 Å². The van der Waals surface area contributed by atoms with Crippen molar-refractivity contribution in [3.63, 3.8) is 0 Å². The summed E-state index contributed by atoms with van der Waals surface area (Å²) in [6.45, 7) is 9.74. The van der Waals surface area contributed by atoms with Gasteiger partial charge in [-0.15, -0.1) is 0 Å². The van der Waals surface area contributed by atoms with Gasteiger partial charge in [0.05, 0.1) is 11.7 Å². The highest BCUT2D eigenvalue weighted by Gasteiger charge is 2.32. The van der Waals surface area contributed by atoms with E-state index in [-0.39, 0.29) is 11.7 Å². The molecular weight excluding hydrogens is 238 g/mol. The zero-order chi connectivity index (χ0) is 12.6. The molecule has 1 aromatic rings. The van der Waals surface area contributed by atoms with Gasteiger partial charge >= 0.3 is 0 Å². The summed E-state index contributed by atoms with van der Waals surface area (Å²) in [5.74, 6) is 1.58. The van der Waals surface area contributed by atoms with Gasteiger partial charge in [-0.2, -0.15) is 0 Å². The lowest BCUT2D eigenvalue weighted by Crippen LogP contribution is -2.52. The van der Waals surface area contributed by atoms with Crippen LogP contribution in [0.5, 0.6) is 0 Å². The fraction of sp³-hybridized carbons (Fsp3) is 0.667. The van der Waals surface area contributed by atoms with Crippen molar-refractivity contribution in [3.05, 3.63) is 17.0 Å². The first kappa shape index (κ1) is 12.6. The monoisotopic (exact) mass is 255 g/mol. The van der Waals surface area contributed by atoms with E-state index < -0.39 is 0 Å². The average Bonchev–Trinajstić information content (AvgIpc) is 2.12. The number of hydrogen-bond donors (Lipinski definition) is 0. The first-order chi connectivity index (χ1) is 7.85. The molecular formula is C12H18ClN3O. The van der Waals surface area contributed by atoms with E-state index in [1.54, 1.807) is 0 Å². The highest BCUT2D eigenvalue weighted by atomic mass is 35.5. The summed E-state index contributed by atoms with van der Waals surface area (Å²) >= 11 is 5.97. The highest BCUT2D eigenvalue weighted by Crippen LogP contribution is 2.25. The maximum atomic E-state index is 5.97. The van der Waals surface area contributed by atoms with E-state index in [1.165, 1.54) is 0 Å². The number of anilines is 1. The molecule has 0 radical (unpaired) electrons. The first-order valence-corrected chi connectivity index (χ1v) is 6.17. The molecule has 94 valence electrons. The van der Waals surface area contributed by atoms with Crippen molar-refractivity contribution in [2.75, 3.05) is 18.0 Å². The molecule has 0 amide bonds. The number of ether oxygens (including phenoxy) is 1. The number of aromatic nitrogens is 2. The van der Waals surface area contributed by atoms with Crippen LogP contribution in [0.25, 0.3) is 0 Å². The number of morpholine rings is 1. The molecule has 1 unspecified atom stereocenters. The summed E-state index contributed by atoms with van der Waals surface area (Å²) in [6, 6.07) is 1.81. The van der Waals surface area contributed by atoms with Gasteiger partial charge in [-0.25, -0.2) is 9.97 Å². The molecule has 2 rings (SSSR count). The number of aryl methyl sites for hydroxylation is 1. The Labute approximate surface area is 107 Å². The third-order valence-corrected chi connectivity index (χ3v) is 2.88. The van der Waals surface area contributed by atoms with Gasteiger partial charge in [-0.05, 0) is 27.7 Å². The quantitative estimate of drug-likeness (QED) is 0.723. The summed E-state index contributed by atoms with van der Waals surface area (Å²) < 4.78 is 5.87. The zero-order valence-corrected chi connectivity index (χ0v) is 11.5. The van der Waals surface area contributed by atoms with Crippen molar-refractivity contribution in [1.82, 2.24) is 9.97 Å². The Hall–Kier alpha value is -0.870. The van der Waals surface area contributed by atoms with E-state index in [4.69, 9.17) is 16.3 Å². The van der Waals surface area contributed by atoms with Crippen molar-refractivity contribution in [2.24, 2.45) is 0 Å². The molecule has 1 aliphatic heterocycles. The molecule has 0 saturated carbocycles. The topological polar surface area (TPSA) is 38.2 Å². The van der Waals surface area contributed by atoms with Crippen molar-refractivity contribution in [2.45, 2.75) is 39.4 Å². The summed E-state index contributed by atoms with van der Waals surface area (Å²) in [7, 11) is 0. The van der Waals surface area contributed by atoms with E-state index in [2.05, 4.69) is 35.6 Å². The van der Waals surface area contributed by atoms with Crippen LogP contribution in [0.2, 0.25) is 5.15 Å². The first-order valence-electron chi connectivity index (χ1n) is 5.80. The van der Waals surface area contributed by atoms with E-state index in [0.717, 1.165) is 18.9 Å². The van der Waals surface area contributed by atoms with Crippen LogP contribution in [-0.4, -0.2) is 34.8 Å². The maximum Gasteiger partial charge on any atom is 0.134 e. The molecule has 1 fully saturated rings. The van der Waals surface area contributed by atoms with Crippen LogP contribution >= 0.6 is 11.6 Å². The Kier molecular flexibility index (Phi) is 3.27. The van der Waals surface area contributed by atoms with E-state index in [0.29, 0.717) is 11.0 Å². The van der Waals surface area contributed by atoms with Gasteiger partial charge in [-0.1, -0.05) is 11.6 Å². The summed E-state index contributed by atoms with van der Waals surface area (Å²) in [5.41, 5.74) is -0.164. The Morgan fingerprint density at radius 3 is 2.76 bits per heavy atom. The molecule has 5 heteroatoms. The van der Waals surface area contributed by atoms with Gasteiger partial charge in [0.25, 0.3) is 0 Å². The SMILES string of the molecule is Cc1nc(Cl)cc(N2CC(C)OC(C)(C)C2)n1. The minimum Gasteiger partial charge on any atom is -0.369 e. The molecule has 1 aliphatic rings. The second kappa shape index (κ2) is 4.42. The Morgan fingerprint density at radius 1 is 1.47 bits per heavy atom. The fourth-order valence-corrected chi connectivity index (χ4v) is 2.53. The van der Waals surface area contributed by atoms with Gasteiger partial charge in [-0.3, -0.25) is 0 Å². The maximum absolute atomic E-state index is 5.97. The molecule has 2 heterocycles. The number of nitrogens with zero attached hydrogens (tertiary/aromatic N) is 3. The largest absolute Gasteiger partial charge is 0.369 e. The van der Waals surface area contributed by atoms with E-state index in [9.17, 15) is 0 Å². The van der Waals surface area contributed by atoms with Gasteiger partial charge in [0.1, 0.15) is 16.8 Å². The molecule has 4 nitrogen and oxygen atoms in total. The lowest BCUT2D eigenvalue weighted by atomic mass is 10.1. The van der Waals surface area contributed by atoms with Gasteiger partial charge in [0.2, 0.25) is 0 Å². The number of rotatable bonds is 1. The van der Waals surface area contributed by atoms with Crippen LogP contribution in [0.1, 0.15) is 26.6 Å². The third kappa shape index (κ3) is 3.07. The highest BCUT2D eigenvalue weighted by molar-refractivity contribution is 6.29. The standard InChI is InChI=1S/C12H18ClN3O/c1-8-6-16(7-12(3,4)17-8)11-5-10(13)14-9(2)15-11/h5,8H,6-7H2,1-4H3. The van der Waals surface area contributed by atoms with Crippen molar-refractivity contribution < 1.29 is 4.74 Å². The molecule has 1 atom stereocenters. The van der Waals surface area contributed by atoms with Crippen LogP contribution in [0.15, 0.2) is 6.07 Å². The smallest absolute Gasteiger partial charge is 0.134 e. The van der Waals surface area contributed by atoms with Crippen LogP contribution in [0, 0.1) is 6.92 Å². The van der Waals surface area contributed by atoms with Gasteiger partial charge < -0.3 is 9.64 Å². The minimum atomic E-state index is -0.164. The minimum absolute atomic E-state index is 0.164. The molecule has 0 bridgehead atoms. The van der Waals surface area contributed by atoms with Gasteiger partial charge in [0, 0.05) is 19.2 Å². The van der Waals surface area contributed by atoms with Crippen LogP contribution < -0.4 is 4.90 Å². The average molecular weight is 256 g/mol. The Balaban J connectivity index is 2.26. The summed E-state index contributed by atoms with van der Waals surface area (Å²) in [4.78, 5) is 10.7. The van der Waals surface area contributed by atoms with Crippen LogP contribution in [0.4, 0.5) is 5.82 Å². The second-order valence-electron chi connectivity index (χ2n) is 5.16. The second-order valence-corrected chi connectivity index (χ2v) is 5.55. The Bertz CT molecular complexity index is 402. The van der Waals surface area contributed by atoms with Crippen LogP contribution in [-0.2, 0) is 4.74 Å². The van der Waals surface area contributed by atoms with E-state index >= 15 is 0 Å². The van der Waals surface area contributed by atoms with Crippen molar-refractivity contribution in [1.29, 1.82) is 0 Å². The van der Waals surface area contributed by atoms with Crippen molar-refractivity contribution in [3.8, 4) is 0 Å². The predicted molar refractivity (Wildman–Crippen MR) is 68.6 cm³/mol. The lowest BCUT2D eigenvalue weighted by molar-refractivity contribution is -0.0751. The van der Waals surface area contributed by atoms with Gasteiger partial charge in [0.15, 0.2) is 0 Å². The molecule has 1 saturated heterocycles. The van der Waals surface area contributed by atoms with Crippen molar-refractivity contribution >= 4 is 17.4 Å². The Morgan fingerprint density at radius 2 is 2.18 bits per heavy atom. The summed E-state index contributed by atoms with van der Waals surface area (Å²) in [5, 5.41) is 0.490. The lowest BCUT2D eigenvalue weighted by Gasteiger charge is -2.42. The molecule has 0 N–H and O–H groups in total.